The van der Waals surface area contributed by atoms with E-state index in [1.165, 1.54) is 6.07 Å². The van der Waals surface area contributed by atoms with Gasteiger partial charge in [0.2, 0.25) is 11.7 Å². The van der Waals surface area contributed by atoms with Gasteiger partial charge in [0, 0.05) is 18.3 Å². The molecule has 0 radical (unpaired) electrons. The molecule has 1 aliphatic heterocycles. The van der Waals surface area contributed by atoms with E-state index < -0.39 is 17.7 Å². The lowest BCUT2D eigenvalue weighted by atomic mass is 10.1. The van der Waals surface area contributed by atoms with Crippen molar-refractivity contribution < 1.29 is 18.1 Å². The van der Waals surface area contributed by atoms with E-state index in [1.54, 1.807) is 4.90 Å². The minimum Gasteiger partial charge on any atom is -0.337 e. The zero-order valence-electron chi connectivity index (χ0n) is 15.9. The molecule has 0 aliphatic carbocycles. The molecular weight excluding hydrogens is 378 g/mol. The van der Waals surface area contributed by atoms with Crippen molar-refractivity contribution in [1.82, 2.24) is 15.0 Å². The number of carbonyl (C=O) groups excluding carboxylic acids is 1. The number of hydrogen-bond acceptors (Lipinski definition) is 4. The minimum absolute atomic E-state index is 0.0288. The number of urea groups is 1. The molecule has 0 saturated carbocycles. The highest BCUT2D eigenvalue weighted by molar-refractivity contribution is 5.90. The standard InChI is InChI=1S/C21H20F2N4O2/c1-2-13-6-3-4-7-17(13)24-21(28)27-11-5-8-18(27)20-25-19(26-29-20)15-10-9-14(22)12-16(15)23/h3-4,6-7,9-10,12,18H,2,5,8,11H2,1H3,(H,24,28)/t18-/m0/s1. The molecule has 29 heavy (non-hydrogen) atoms. The van der Waals surface area contributed by atoms with Gasteiger partial charge in [-0.05, 0) is 43.0 Å². The molecule has 6 nitrogen and oxygen atoms in total. The maximum Gasteiger partial charge on any atom is 0.322 e. The third-order valence-corrected chi connectivity index (χ3v) is 5.05. The van der Waals surface area contributed by atoms with Crippen molar-refractivity contribution in [2.45, 2.75) is 32.2 Å². The Labute approximate surface area is 166 Å². The molecule has 1 N–H and O–H groups in total. The number of halogens is 2. The Bertz CT molecular complexity index is 1040. The Hall–Kier alpha value is -3.29. The van der Waals surface area contributed by atoms with Crippen LogP contribution < -0.4 is 5.32 Å². The van der Waals surface area contributed by atoms with Crippen LogP contribution in [0.15, 0.2) is 47.0 Å². The Balaban J connectivity index is 1.54. The number of nitrogens with zero attached hydrogens (tertiary/aromatic N) is 3. The quantitative estimate of drug-likeness (QED) is 0.675. The lowest BCUT2D eigenvalue weighted by Crippen LogP contribution is -2.34. The van der Waals surface area contributed by atoms with E-state index in [4.69, 9.17) is 4.52 Å². The third kappa shape index (κ3) is 3.83. The number of hydrogen-bond donors (Lipinski definition) is 1. The Morgan fingerprint density at radius 2 is 2.10 bits per heavy atom. The van der Waals surface area contributed by atoms with Crippen molar-refractivity contribution in [3.05, 3.63) is 65.6 Å². The fourth-order valence-corrected chi connectivity index (χ4v) is 3.55. The van der Waals surface area contributed by atoms with Gasteiger partial charge < -0.3 is 14.7 Å². The lowest BCUT2D eigenvalue weighted by Gasteiger charge is -2.23. The molecule has 8 heteroatoms. The SMILES string of the molecule is CCc1ccccc1NC(=O)N1CCC[C@H]1c1nc(-c2ccc(F)cc2F)no1. The Morgan fingerprint density at radius 3 is 2.90 bits per heavy atom. The summed E-state index contributed by atoms with van der Waals surface area (Å²) < 4.78 is 32.5. The summed E-state index contributed by atoms with van der Waals surface area (Å²) in [5, 5.41) is 6.77. The first-order chi connectivity index (χ1) is 14.1. The predicted octanol–water partition coefficient (Wildman–Crippen LogP) is 4.95. The summed E-state index contributed by atoms with van der Waals surface area (Å²) in [5.41, 5.74) is 1.86. The average molecular weight is 398 g/mol. The normalized spacial score (nSPS) is 16.2. The van der Waals surface area contributed by atoms with Gasteiger partial charge in [-0.1, -0.05) is 30.3 Å². The van der Waals surface area contributed by atoms with Crippen LogP contribution in [0.25, 0.3) is 11.4 Å². The van der Waals surface area contributed by atoms with Gasteiger partial charge in [0.25, 0.3) is 0 Å². The zero-order valence-corrected chi connectivity index (χ0v) is 15.9. The second kappa shape index (κ2) is 7.98. The Kier molecular flexibility index (Phi) is 5.24. The van der Waals surface area contributed by atoms with Crippen LogP contribution in [-0.2, 0) is 6.42 Å². The average Bonchev–Trinajstić information content (AvgIpc) is 3.38. The monoisotopic (exact) mass is 398 g/mol. The van der Waals surface area contributed by atoms with E-state index in [2.05, 4.69) is 15.5 Å². The maximum atomic E-state index is 14.0. The minimum atomic E-state index is -0.769. The van der Waals surface area contributed by atoms with E-state index >= 15 is 0 Å². The molecule has 1 aliphatic rings. The first-order valence-electron chi connectivity index (χ1n) is 9.51. The van der Waals surface area contributed by atoms with Crippen molar-refractivity contribution >= 4 is 11.7 Å². The Morgan fingerprint density at radius 1 is 1.28 bits per heavy atom. The van der Waals surface area contributed by atoms with Crippen LogP contribution >= 0.6 is 0 Å². The topological polar surface area (TPSA) is 71.3 Å². The summed E-state index contributed by atoms with van der Waals surface area (Å²) >= 11 is 0. The van der Waals surface area contributed by atoms with Gasteiger partial charge in [0.15, 0.2) is 0 Å². The summed E-state index contributed by atoms with van der Waals surface area (Å²) in [6, 6.07) is 10.2. The van der Waals surface area contributed by atoms with Gasteiger partial charge in [0.05, 0.1) is 5.56 Å². The number of para-hydroxylation sites is 1. The van der Waals surface area contributed by atoms with Gasteiger partial charge >= 0.3 is 6.03 Å². The first kappa shape index (κ1) is 19.0. The van der Waals surface area contributed by atoms with Crippen molar-refractivity contribution in [3.8, 4) is 11.4 Å². The van der Waals surface area contributed by atoms with Crippen molar-refractivity contribution in [2.75, 3.05) is 11.9 Å². The van der Waals surface area contributed by atoms with Crippen LogP contribution in [0, 0.1) is 11.6 Å². The molecule has 2 aromatic carbocycles. The summed E-state index contributed by atoms with van der Waals surface area (Å²) in [5.74, 6) is -1.18. The van der Waals surface area contributed by atoms with E-state index in [0.717, 1.165) is 36.2 Å². The smallest absolute Gasteiger partial charge is 0.322 e. The number of amides is 2. The largest absolute Gasteiger partial charge is 0.337 e. The number of rotatable bonds is 4. The second-order valence-electron chi connectivity index (χ2n) is 6.87. The molecule has 2 amide bonds. The molecular formula is C21H20F2N4O2. The van der Waals surface area contributed by atoms with Crippen LogP contribution in [0.2, 0.25) is 0 Å². The molecule has 4 rings (SSSR count). The second-order valence-corrected chi connectivity index (χ2v) is 6.87. The molecule has 1 aromatic heterocycles. The molecule has 1 atom stereocenters. The molecule has 1 saturated heterocycles. The number of aryl methyl sites for hydroxylation is 1. The summed E-state index contributed by atoms with van der Waals surface area (Å²) in [4.78, 5) is 18.8. The van der Waals surface area contributed by atoms with Gasteiger partial charge in [-0.15, -0.1) is 0 Å². The number of benzene rings is 2. The van der Waals surface area contributed by atoms with Gasteiger partial charge in [-0.25, -0.2) is 13.6 Å². The molecule has 0 bridgehead atoms. The van der Waals surface area contributed by atoms with Gasteiger partial charge in [0.1, 0.15) is 17.7 Å². The summed E-state index contributed by atoms with van der Waals surface area (Å²) in [7, 11) is 0. The summed E-state index contributed by atoms with van der Waals surface area (Å²) in [6.45, 7) is 2.58. The number of likely N-dealkylation sites (tertiary alicyclic amines) is 1. The highest BCUT2D eigenvalue weighted by Crippen LogP contribution is 2.33. The van der Waals surface area contributed by atoms with Crippen molar-refractivity contribution in [1.29, 1.82) is 0 Å². The highest BCUT2D eigenvalue weighted by Gasteiger charge is 2.34. The van der Waals surface area contributed by atoms with Crippen LogP contribution in [0.4, 0.5) is 19.3 Å². The van der Waals surface area contributed by atoms with Crippen molar-refractivity contribution in [3.63, 3.8) is 0 Å². The van der Waals surface area contributed by atoms with Crippen LogP contribution in [0.3, 0.4) is 0 Å². The van der Waals surface area contributed by atoms with Crippen LogP contribution in [-0.4, -0.2) is 27.6 Å². The van der Waals surface area contributed by atoms with E-state index in [9.17, 15) is 13.6 Å². The number of aromatic nitrogens is 2. The third-order valence-electron chi connectivity index (χ3n) is 5.05. The lowest BCUT2D eigenvalue weighted by molar-refractivity contribution is 0.193. The van der Waals surface area contributed by atoms with E-state index in [-0.39, 0.29) is 23.3 Å². The number of anilines is 1. The van der Waals surface area contributed by atoms with Crippen LogP contribution in [0.1, 0.15) is 37.3 Å². The molecule has 3 aromatic rings. The zero-order chi connectivity index (χ0) is 20.4. The maximum absolute atomic E-state index is 14.0. The molecule has 0 spiro atoms. The number of carbonyl (C=O) groups is 1. The molecule has 2 heterocycles. The molecule has 150 valence electrons. The summed E-state index contributed by atoms with van der Waals surface area (Å²) in [6.07, 6.45) is 2.25. The number of nitrogens with one attached hydrogen (secondary N) is 1. The van der Waals surface area contributed by atoms with E-state index in [0.29, 0.717) is 13.0 Å². The van der Waals surface area contributed by atoms with Gasteiger partial charge in [-0.2, -0.15) is 4.98 Å². The van der Waals surface area contributed by atoms with Gasteiger partial charge in [-0.3, -0.25) is 0 Å². The van der Waals surface area contributed by atoms with Crippen molar-refractivity contribution in [2.24, 2.45) is 0 Å². The van der Waals surface area contributed by atoms with Crippen LogP contribution in [0.5, 0.6) is 0 Å². The molecule has 1 fully saturated rings. The van der Waals surface area contributed by atoms with E-state index in [1.807, 2.05) is 31.2 Å². The fraction of sp³-hybridized carbons (Fsp3) is 0.286. The fourth-order valence-electron chi connectivity index (χ4n) is 3.55. The predicted molar refractivity (Wildman–Crippen MR) is 103 cm³/mol. The highest BCUT2D eigenvalue weighted by atomic mass is 19.1. The first-order valence-corrected chi connectivity index (χ1v) is 9.51. The molecule has 0 unspecified atom stereocenters.